The first kappa shape index (κ1) is 19.0. The van der Waals surface area contributed by atoms with Crippen LogP contribution in [0, 0.1) is 0 Å². The third-order valence-corrected chi connectivity index (χ3v) is 4.14. The van der Waals surface area contributed by atoms with Crippen LogP contribution in [0.5, 0.6) is 5.75 Å². The molecule has 6 nitrogen and oxygen atoms in total. The van der Waals surface area contributed by atoms with Crippen LogP contribution in [0.2, 0.25) is 0 Å². The highest BCUT2D eigenvalue weighted by molar-refractivity contribution is 7.91. The van der Waals surface area contributed by atoms with E-state index in [-0.39, 0.29) is 18.7 Å². The smallest absolute Gasteiger partial charge is 0.406 e. The third kappa shape index (κ3) is 6.70. The second-order valence-electron chi connectivity index (χ2n) is 4.40. The van der Waals surface area contributed by atoms with Gasteiger partial charge in [0.2, 0.25) is 15.9 Å². The quantitative estimate of drug-likeness (QED) is 0.817. The Bertz CT molecular complexity index is 657. The molecule has 0 saturated heterocycles. The SMILES string of the molecule is C=CS(=O)(=O)N(C)CCC(=O)Nc1ccc(OC(F)(F)F)cc1. The normalized spacial score (nSPS) is 12.0. The van der Waals surface area contributed by atoms with Crippen LogP contribution in [0.15, 0.2) is 36.3 Å². The summed E-state index contributed by atoms with van der Waals surface area (Å²) in [6.07, 6.45) is -4.91. The Morgan fingerprint density at radius 2 is 1.91 bits per heavy atom. The van der Waals surface area contributed by atoms with Crippen molar-refractivity contribution in [2.75, 3.05) is 18.9 Å². The number of nitrogens with one attached hydrogen (secondary N) is 1. The van der Waals surface area contributed by atoms with Gasteiger partial charge in [0, 0.05) is 31.1 Å². The number of benzene rings is 1. The monoisotopic (exact) mass is 352 g/mol. The molecule has 0 aromatic heterocycles. The average molecular weight is 352 g/mol. The zero-order chi connectivity index (χ0) is 17.7. The molecule has 1 aromatic carbocycles. The van der Waals surface area contributed by atoms with E-state index in [0.29, 0.717) is 0 Å². The maximum atomic E-state index is 12.0. The summed E-state index contributed by atoms with van der Waals surface area (Å²) in [6, 6.07) is 4.58. The Balaban J connectivity index is 2.53. The van der Waals surface area contributed by atoms with Crippen molar-refractivity contribution in [3.05, 3.63) is 36.3 Å². The molecule has 0 spiro atoms. The minimum Gasteiger partial charge on any atom is -0.406 e. The van der Waals surface area contributed by atoms with Gasteiger partial charge in [0.15, 0.2) is 0 Å². The van der Waals surface area contributed by atoms with E-state index in [0.717, 1.165) is 21.8 Å². The van der Waals surface area contributed by atoms with Gasteiger partial charge in [0.1, 0.15) is 5.75 Å². The maximum Gasteiger partial charge on any atom is 0.573 e. The average Bonchev–Trinajstić information content (AvgIpc) is 2.45. The molecule has 1 amide bonds. The minimum atomic E-state index is -4.79. The first-order chi connectivity index (χ1) is 10.5. The molecule has 0 unspecified atom stereocenters. The molecule has 0 saturated carbocycles. The van der Waals surface area contributed by atoms with E-state index in [2.05, 4.69) is 16.6 Å². The summed E-state index contributed by atoms with van der Waals surface area (Å²) < 4.78 is 63.4. The fourth-order valence-electron chi connectivity index (χ4n) is 1.48. The summed E-state index contributed by atoms with van der Waals surface area (Å²) in [7, 11) is -2.30. The fourth-order valence-corrected chi connectivity index (χ4v) is 2.08. The van der Waals surface area contributed by atoms with Gasteiger partial charge in [-0.1, -0.05) is 6.58 Å². The Kier molecular flexibility index (Phi) is 6.16. The van der Waals surface area contributed by atoms with Crippen LogP contribution in [0.1, 0.15) is 6.42 Å². The zero-order valence-electron chi connectivity index (χ0n) is 12.1. The van der Waals surface area contributed by atoms with Crippen LogP contribution in [0.3, 0.4) is 0 Å². The van der Waals surface area contributed by atoms with Gasteiger partial charge >= 0.3 is 6.36 Å². The molecule has 0 aliphatic carbocycles. The van der Waals surface area contributed by atoms with Crippen LogP contribution < -0.4 is 10.1 Å². The highest BCUT2D eigenvalue weighted by Gasteiger charge is 2.30. The molecule has 23 heavy (non-hydrogen) atoms. The third-order valence-electron chi connectivity index (χ3n) is 2.67. The van der Waals surface area contributed by atoms with Crippen LogP contribution in [0.4, 0.5) is 18.9 Å². The van der Waals surface area contributed by atoms with Gasteiger partial charge in [0.05, 0.1) is 0 Å². The predicted molar refractivity (Wildman–Crippen MR) is 78.1 cm³/mol. The lowest BCUT2D eigenvalue weighted by atomic mass is 10.3. The standard InChI is InChI=1S/C13H15F3N2O4S/c1-3-23(20,21)18(2)9-8-12(19)17-10-4-6-11(7-5-10)22-13(14,15)16/h3-7H,1,8-9H2,2H3,(H,17,19). The maximum absolute atomic E-state index is 12.0. The molecule has 0 aliphatic heterocycles. The van der Waals surface area contributed by atoms with E-state index in [1.54, 1.807) is 0 Å². The second-order valence-corrected chi connectivity index (χ2v) is 6.39. The lowest BCUT2D eigenvalue weighted by Gasteiger charge is -2.14. The number of nitrogens with zero attached hydrogens (tertiary/aromatic N) is 1. The predicted octanol–water partition coefficient (Wildman–Crippen LogP) is 2.32. The second kappa shape index (κ2) is 7.47. The number of alkyl halides is 3. The van der Waals surface area contributed by atoms with Gasteiger partial charge in [-0.2, -0.15) is 0 Å². The highest BCUT2D eigenvalue weighted by Crippen LogP contribution is 2.23. The molecule has 1 N–H and O–H groups in total. The first-order valence-corrected chi connectivity index (χ1v) is 7.78. The molecule has 0 fully saturated rings. The summed E-state index contributed by atoms with van der Waals surface area (Å²) in [5.74, 6) is -0.895. The molecular weight excluding hydrogens is 337 g/mol. The van der Waals surface area contributed by atoms with Gasteiger partial charge in [-0.25, -0.2) is 12.7 Å². The number of hydrogen-bond donors (Lipinski definition) is 1. The Morgan fingerprint density at radius 1 is 1.35 bits per heavy atom. The van der Waals surface area contributed by atoms with Crippen molar-refractivity contribution in [3.8, 4) is 5.75 Å². The van der Waals surface area contributed by atoms with Crippen LogP contribution in [-0.2, 0) is 14.8 Å². The topological polar surface area (TPSA) is 75.7 Å². The summed E-state index contributed by atoms with van der Waals surface area (Å²) in [4.78, 5) is 11.7. The number of halogens is 3. The molecule has 0 bridgehead atoms. The van der Waals surface area contributed by atoms with Crippen LogP contribution in [-0.4, -0.2) is 38.6 Å². The number of anilines is 1. The molecule has 128 valence electrons. The molecular formula is C13H15F3N2O4S. The Morgan fingerprint density at radius 3 is 2.39 bits per heavy atom. The van der Waals surface area contributed by atoms with Gasteiger partial charge in [-0.3, -0.25) is 4.79 Å². The van der Waals surface area contributed by atoms with Gasteiger partial charge < -0.3 is 10.1 Å². The number of hydrogen-bond acceptors (Lipinski definition) is 4. The fraction of sp³-hybridized carbons (Fsp3) is 0.308. The first-order valence-electron chi connectivity index (χ1n) is 6.28. The van der Waals surface area contributed by atoms with E-state index in [1.807, 2.05) is 0 Å². The van der Waals surface area contributed by atoms with Crippen molar-refractivity contribution in [3.63, 3.8) is 0 Å². The lowest BCUT2D eigenvalue weighted by Crippen LogP contribution is -2.28. The van der Waals surface area contributed by atoms with Gasteiger partial charge in [-0.15, -0.1) is 13.2 Å². The number of ether oxygens (including phenoxy) is 1. The van der Waals surface area contributed by atoms with E-state index < -0.39 is 28.0 Å². The molecule has 0 heterocycles. The Labute approximate surface area is 131 Å². The number of carbonyl (C=O) groups excluding carboxylic acids is 1. The van der Waals surface area contributed by atoms with Gasteiger partial charge in [-0.05, 0) is 24.3 Å². The van der Waals surface area contributed by atoms with Crippen molar-refractivity contribution in [1.82, 2.24) is 4.31 Å². The minimum absolute atomic E-state index is 0.0601. The largest absolute Gasteiger partial charge is 0.573 e. The summed E-state index contributed by atoms with van der Waals surface area (Å²) in [5.41, 5.74) is 0.263. The van der Waals surface area contributed by atoms with Gasteiger partial charge in [0.25, 0.3) is 0 Å². The molecule has 10 heteroatoms. The van der Waals surface area contributed by atoms with Crippen molar-refractivity contribution in [2.24, 2.45) is 0 Å². The molecule has 0 atom stereocenters. The molecule has 0 aliphatic rings. The molecule has 1 aromatic rings. The van der Waals surface area contributed by atoms with Crippen molar-refractivity contribution in [2.45, 2.75) is 12.8 Å². The summed E-state index contributed by atoms with van der Waals surface area (Å²) >= 11 is 0. The van der Waals surface area contributed by atoms with Crippen LogP contribution in [0.25, 0.3) is 0 Å². The summed E-state index contributed by atoms with van der Waals surface area (Å²) in [5, 5.41) is 3.20. The molecule has 0 radical (unpaired) electrons. The van der Waals surface area contributed by atoms with E-state index in [9.17, 15) is 26.4 Å². The summed E-state index contributed by atoms with van der Waals surface area (Å²) in [6.45, 7) is 3.10. The van der Waals surface area contributed by atoms with Crippen LogP contribution >= 0.6 is 0 Å². The van der Waals surface area contributed by atoms with Crippen molar-refractivity contribution >= 4 is 21.6 Å². The zero-order valence-corrected chi connectivity index (χ0v) is 12.9. The number of sulfonamides is 1. The highest BCUT2D eigenvalue weighted by atomic mass is 32.2. The Hall–Kier alpha value is -2.07. The number of carbonyl (C=O) groups is 1. The van der Waals surface area contributed by atoms with E-state index in [1.165, 1.54) is 19.2 Å². The van der Waals surface area contributed by atoms with Crippen molar-refractivity contribution < 1.29 is 31.1 Å². The lowest BCUT2D eigenvalue weighted by molar-refractivity contribution is -0.274. The van der Waals surface area contributed by atoms with E-state index in [4.69, 9.17) is 0 Å². The van der Waals surface area contributed by atoms with E-state index >= 15 is 0 Å². The number of amides is 1. The molecule has 1 rings (SSSR count). The van der Waals surface area contributed by atoms with Crippen molar-refractivity contribution in [1.29, 1.82) is 0 Å². The number of rotatable bonds is 7.